The topological polar surface area (TPSA) is 99.6 Å². The molecule has 0 saturated heterocycles. The van der Waals surface area contributed by atoms with Crippen molar-refractivity contribution in [1.82, 2.24) is 19.6 Å². The zero-order chi connectivity index (χ0) is 24.5. The monoisotopic (exact) mass is 456 g/mol. The molecule has 4 aromatic rings. The van der Waals surface area contributed by atoms with Crippen LogP contribution in [0.25, 0.3) is 16.6 Å². The van der Waals surface area contributed by atoms with Gasteiger partial charge in [-0.1, -0.05) is 6.07 Å². The standard InChI is InChI=1S/C26H28N6O2/c1-17-6-7-19(12-28-17)18(2)31(5)24-9-8-20(13-29-24)23-10-22(34-16-26(3,4)33)15-32-25(23)21(11-27)14-30-32/h6-10,12-15,18,33H,16H2,1-5H3/t18-/m0/s1. The van der Waals surface area contributed by atoms with E-state index in [0.717, 1.165) is 28.2 Å². The summed E-state index contributed by atoms with van der Waals surface area (Å²) < 4.78 is 7.43. The van der Waals surface area contributed by atoms with E-state index in [-0.39, 0.29) is 12.6 Å². The van der Waals surface area contributed by atoms with E-state index in [2.05, 4.69) is 34.0 Å². The maximum absolute atomic E-state index is 10.0. The van der Waals surface area contributed by atoms with Crippen molar-refractivity contribution in [3.05, 3.63) is 71.9 Å². The van der Waals surface area contributed by atoms with E-state index in [1.54, 1.807) is 30.8 Å². The highest BCUT2D eigenvalue weighted by Gasteiger charge is 2.18. The second-order valence-electron chi connectivity index (χ2n) is 9.08. The molecule has 34 heavy (non-hydrogen) atoms. The van der Waals surface area contributed by atoms with E-state index in [9.17, 15) is 10.4 Å². The number of aromatic nitrogens is 4. The van der Waals surface area contributed by atoms with E-state index < -0.39 is 5.60 Å². The van der Waals surface area contributed by atoms with Crippen molar-refractivity contribution in [1.29, 1.82) is 5.26 Å². The van der Waals surface area contributed by atoms with Crippen LogP contribution >= 0.6 is 0 Å². The van der Waals surface area contributed by atoms with E-state index in [0.29, 0.717) is 16.8 Å². The Morgan fingerprint density at radius 3 is 2.59 bits per heavy atom. The number of ether oxygens (including phenoxy) is 1. The van der Waals surface area contributed by atoms with Crippen LogP contribution in [0, 0.1) is 18.3 Å². The lowest BCUT2D eigenvalue weighted by atomic mass is 10.0. The molecule has 8 nitrogen and oxygen atoms in total. The number of rotatable bonds is 7. The summed E-state index contributed by atoms with van der Waals surface area (Å²) in [7, 11) is 2.00. The van der Waals surface area contributed by atoms with E-state index in [1.807, 2.05) is 44.4 Å². The number of anilines is 1. The first-order valence-corrected chi connectivity index (χ1v) is 11.0. The van der Waals surface area contributed by atoms with Crippen LogP contribution in [-0.2, 0) is 0 Å². The highest BCUT2D eigenvalue weighted by Crippen LogP contribution is 2.32. The quantitative estimate of drug-likeness (QED) is 0.442. The van der Waals surface area contributed by atoms with Crippen molar-refractivity contribution >= 4 is 11.3 Å². The van der Waals surface area contributed by atoms with Gasteiger partial charge in [0.1, 0.15) is 24.2 Å². The van der Waals surface area contributed by atoms with Gasteiger partial charge in [0.2, 0.25) is 0 Å². The fourth-order valence-electron chi connectivity index (χ4n) is 3.64. The minimum atomic E-state index is -0.978. The number of aryl methyl sites for hydroxylation is 1. The molecule has 4 heterocycles. The normalized spacial score (nSPS) is 12.4. The molecule has 0 amide bonds. The molecule has 1 atom stereocenters. The van der Waals surface area contributed by atoms with Gasteiger partial charge in [-0.15, -0.1) is 0 Å². The van der Waals surface area contributed by atoms with E-state index in [4.69, 9.17) is 9.72 Å². The third-order valence-electron chi connectivity index (χ3n) is 5.72. The molecule has 4 aromatic heterocycles. The fourth-order valence-corrected chi connectivity index (χ4v) is 3.64. The third-order valence-corrected chi connectivity index (χ3v) is 5.72. The number of hydrogen-bond acceptors (Lipinski definition) is 7. The van der Waals surface area contributed by atoms with E-state index in [1.165, 1.54) is 6.20 Å². The molecule has 0 aliphatic rings. The number of aliphatic hydroxyl groups is 1. The average Bonchev–Trinajstić information content (AvgIpc) is 3.24. The molecule has 0 spiro atoms. The third kappa shape index (κ3) is 4.85. The summed E-state index contributed by atoms with van der Waals surface area (Å²) in [5.41, 5.74) is 3.87. The molecule has 8 heteroatoms. The van der Waals surface area contributed by atoms with Gasteiger partial charge < -0.3 is 14.7 Å². The molecular formula is C26H28N6O2. The first kappa shape index (κ1) is 23.2. The Kier molecular flexibility index (Phi) is 6.22. The first-order valence-electron chi connectivity index (χ1n) is 11.0. The van der Waals surface area contributed by atoms with Crippen molar-refractivity contribution in [3.63, 3.8) is 0 Å². The van der Waals surface area contributed by atoms with Gasteiger partial charge in [0.15, 0.2) is 0 Å². The Balaban J connectivity index is 1.67. The summed E-state index contributed by atoms with van der Waals surface area (Å²) in [6.45, 7) is 7.57. The summed E-state index contributed by atoms with van der Waals surface area (Å²) in [6, 6.07) is 12.2. The summed E-state index contributed by atoms with van der Waals surface area (Å²) in [5, 5.41) is 23.9. The summed E-state index contributed by atoms with van der Waals surface area (Å²) >= 11 is 0. The largest absolute Gasteiger partial charge is 0.489 e. The van der Waals surface area contributed by atoms with Gasteiger partial charge in [-0.05, 0) is 57.5 Å². The molecule has 4 rings (SSSR count). The van der Waals surface area contributed by atoms with Crippen LogP contribution in [0.5, 0.6) is 5.75 Å². The second kappa shape index (κ2) is 9.12. The van der Waals surface area contributed by atoms with Gasteiger partial charge >= 0.3 is 0 Å². The van der Waals surface area contributed by atoms with Crippen LogP contribution < -0.4 is 9.64 Å². The average molecular weight is 457 g/mol. The Labute approximate surface area is 199 Å². The van der Waals surface area contributed by atoms with Crippen molar-refractivity contribution in [2.24, 2.45) is 0 Å². The zero-order valence-electron chi connectivity index (χ0n) is 20.0. The van der Waals surface area contributed by atoms with Gasteiger partial charge in [0, 0.05) is 36.3 Å². The molecule has 0 fully saturated rings. The Bertz CT molecular complexity index is 1330. The number of fused-ring (bicyclic) bond motifs is 1. The minimum absolute atomic E-state index is 0.0942. The molecular weight excluding hydrogens is 428 g/mol. The van der Waals surface area contributed by atoms with Crippen LogP contribution in [-0.4, -0.2) is 43.9 Å². The summed E-state index contributed by atoms with van der Waals surface area (Å²) in [4.78, 5) is 11.2. The van der Waals surface area contributed by atoms with Crippen LogP contribution in [0.1, 0.15) is 43.6 Å². The molecule has 0 unspecified atom stereocenters. The lowest BCUT2D eigenvalue weighted by Gasteiger charge is -2.26. The molecule has 0 bridgehead atoms. The predicted octanol–water partition coefficient (Wildman–Crippen LogP) is 4.32. The van der Waals surface area contributed by atoms with Crippen LogP contribution in [0.15, 0.2) is 55.1 Å². The summed E-state index contributed by atoms with van der Waals surface area (Å²) in [5.74, 6) is 1.36. The SMILES string of the molecule is Cc1ccc([C@H](C)N(C)c2ccc(-c3cc(OCC(C)(C)O)cn4ncc(C#N)c34)cn2)cn1. The minimum Gasteiger partial charge on any atom is -0.489 e. The highest BCUT2D eigenvalue weighted by atomic mass is 16.5. The van der Waals surface area contributed by atoms with Gasteiger partial charge in [0.25, 0.3) is 0 Å². The molecule has 0 aromatic carbocycles. The molecule has 0 radical (unpaired) electrons. The number of hydrogen-bond donors (Lipinski definition) is 1. The molecule has 1 N–H and O–H groups in total. The maximum Gasteiger partial charge on any atom is 0.138 e. The van der Waals surface area contributed by atoms with Gasteiger partial charge in [0.05, 0.1) is 35.1 Å². The van der Waals surface area contributed by atoms with Crippen LogP contribution in [0.3, 0.4) is 0 Å². The lowest BCUT2D eigenvalue weighted by Crippen LogP contribution is -2.27. The zero-order valence-corrected chi connectivity index (χ0v) is 20.0. The number of nitrogens with zero attached hydrogens (tertiary/aromatic N) is 6. The second-order valence-corrected chi connectivity index (χ2v) is 9.08. The van der Waals surface area contributed by atoms with Gasteiger partial charge in [-0.3, -0.25) is 4.98 Å². The van der Waals surface area contributed by atoms with Gasteiger partial charge in [-0.25, -0.2) is 9.50 Å². The molecule has 0 saturated carbocycles. The molecule has 174 valence electrons. The predicted molar refractivity (Wildman–Crippen MR) is 131 cm³/mol. The van der Waals surface area contributed by atoms with Crippen LogP contribution in [0.4, 0.5) is 5.82 Å². The number of pyridine rings is 3. The first-order chi connectivity index (χ1) is 16.2. The van der Waals surface area contributed by atoms with Crippen molar-refractivity contribution in [3.8, 4) is 22.9 Å². The Morgan fingerprint density at radius 2 is 1.97 bits per heavy atom. The lowest BCUT2D eigenvalue weighted by molar-refractivity contribution is 0.0283. The Hall–Kier alpha value is -3.96. The molecule has 0 aliphatic carbocycles. The van der Waals surface area contributed by atoms with Gasteiger partial charge in [-0.2, -0.15) is 10.4 Å². The van der Waals surface area contributed by atoms with Crippen molar-refractivity contribution < 1.29 is 9.84 Å². The van der Waals surface area contributed by atoms with E-state index >= 15 is 0 Å². The Morgan fingerprint density at radius 1 is 1.18 bits per heavy atom. The molecule has 0 aliphatic heterocycles. The smallest absolute Gasteiger partial charge is 0.138 e. The number of nitriles is 1. The van der Waals surface area contributed by atoms with Crippen molar-refractivity contribution in [2.75, 3.05) is 18.6 Å². The van der Waals surface area contributed by atoms with Crippen LogP contribution in [0.2, 0.25) is 0 Å². The maximum atomic E-state index is 10.0. The highest BCUT2D eigenvalue weighted by molar-refractivity contribution is 5.85. The van der Waals surface area contributed by atoms with Crippen molar-refractivity contribution in [2.45, 2.75) is 39.3 Å². The summed E-state index contributed by atoms with van der Waals surface area (Å²) in [6.07, 6.45) is 6.92. The fraction of sp³-hybridized carbons (Fsp3) is 0.308.